The molecule has 0 atom stereocenters. The molecule has 0 radical (unpaired) electrons. The molecule has 4 nitrogen and oxygen atoms in total. The van der Waals surface area contributed by atoms with Crippen molar-refractivity contribution in [1.82, 2.24) is 4.72 Å². The topological polar surface area (TPSA) is 72.2 Å². The van der Waals surface area contributed by atoms with Gasteiger partial charge in [0.15, 0.2) is 0 Å². The first kappa shape index (κ1) is 14.0. The van der Waals surface area contributed by atoms with Gasteiger partial charge in [0.05, 0.1) is 5.02 Å². The Hall–Kier alpha value is -1.04. The molecule has 0 aliphatic rings. The second kappa shape index (κ2) is 5.53. The molecule has 1 aromatic rings. The number of sulfonamides is 1. The minimum atomic E-state index is -3.59. The Bertz CT molecular complexity index is 534. The van der Waals surface area contributed by atoms with Crippen molar-refractivity contribution in [3.05, 3.63) is 34.9 Å². The van der Waals surface area contributed by atoms with Crippen LogP contribution in [0.25, 0.3) is 0 Å². The highest BCUT2D eigenvalue weighted by Gasteiger charge is 2.16. The fourth-order valence-electron chi connectivity index (χ4n) is 1.17. The van der Waals surface area contributed by atoms with E-state index in [2.05, 4.69) is 4.72 Å². The third kappa shape index (κ3) is 4.03. The molecule has 0 aliphatic heterocycles. The fourth-order valence-corrected chi connectivity index (χ4v) is 2.68. The van der Waals surface area contributed by atoms with E-state index in [9.17, 15) is 8.42 Å². The van der Waals surface area contributed by atoms with Gasteiger partial charge in [-0.3, -0.25) is 0 Å². The molecule has 0 saturated carbocycles. The lowest BCUT2D eigenvalue weighted by molar-refractivity contribution is 0.585. The molecule has 17 heavy (non-hydrogen) atoms. The van der Waals surface area contributed by atoms with Gasteiger partial charge in [0, 0.05) is 12.2 Å². The van der Waals surface area contributed by atoms with Crippen LogP contribution in [0.15, 0.2) is 34.7 Å². The number of hydrogen-bond acceptors (Lipinski definition) is 3. The van der Waals surface area contributed by atoms with Gasteiger partial charge in [-0.15, -0.1) is 0 Å². The molecule has 0 aromatic heterocycles. The molecule has 6 heteroatoms. The molecule has 0 heterocycles. The van der Waals surface area contributed by atoms with Crippen LogP contribution in [0.1, 0.15) is 13.8 Å². The summed E-state index contributed by atoms with van der Waals surface area (Å²) in [7, 11) is -3.59. The zero-order valence-corrected chi connectivity index (χ0v) is 11.3. The van der Waals surface area contributed by atoms with Crippen molar-refractivity contribution in [1.29, 1.82) is 0 Å². The third-order valence-corrected chi connectivity index (χ3v) is 3.94. The van der Waals surface area contributed by atoms with Crippen molar-refractivity contribution in [2.24, 2.45) is 0 Å². The molecule has 94 valence electrons. The molecule has 0 unspecified atom stereocenters. The zero-order chi connectivity index (χ0) is 13.1. The highest BCUT2D eigenvalue weighted by Crippen LogP contribution is 2.23. The van der Waals surface area contributed by atoms with E-state index in [0.717, 1.165) is 5.57 Å². The molecule has 0 fully saturated rings. The largest absolute Gasteiger partial charge is 0.399 e. The van der Waals surface area contributed by atoms with Gasteiger partial charge in [0.1, 0.15) is 4.90 Å². The van der Waals surface area contributed by atoms with Gasteiger partial charge < -0.3 is 5.73 Å². The summed E-state index contributed by atoms with van der Waals surface area (Å²) in [5, 5.41) is 0.120. The van der Waals surface area contributed by atoms with Crippen LogP contribution in [0, 0.1) is 0 Å². The Morgan fingerprint density at radius 3 is 2.65 bits per heavy atom. The van der Waals surface area contributed by atoms with Crippen molar-refractivity contribution >= 4 is 27.3 Å². The summed E-state index contributed by atoms with van der Waals surface area (Å²) in [5.41, 5.74) is 6.97. The van der Waals surface area contributed by atoms with Gasteiger partial charge in [-0.2, -0.15) is 0 Å². The second-order valence-corrected chi connectivity index (χ2v) is 5.97. The summed E-state index contributed by atoms with van der Waals surface area (Å²) in [6, 6.07) is 4.31. The van der Waals surface area contributed by atoms with Crippen LogP contribution >= 0.6 is 11.6 Å². The van der Waals surface area contributed by atoms with Crippen LogP contribution in [0.2, 0.25) is 5.02 Å². The predicted molar refractivity (Wildman–Crippen MR) is 70.5 cm³/mol. The molecule has 0 amide bonds. The van der Waals surface area contributed by atoms with Crippen molar-refractivity contribution in [3.8, 4) is 0 Å². The standard InChI is InChI=1S/C11H15ClN2O2S/c1-8(2)5-6-14-17(15,16)11-4-3-9(13)7-10(11)12/h3-5,7,14H,6,13H2,1-2H3. The Kier molecular flexibility index (Phi) is 4.56. The average molecular weight is 275 g/mol. The second-order valence-electron chi connectivity index (χ2n) is 3.82. The number of benzene rings is 1. The minimum Gasteiger partial charge on any atom is -0.399 e. The van der Waals surface area contributed by atoms with Crippen LogP contribution in [-0.4, -0.2) is 15.0 Å². The summed E-state index contributed by atoms with van der Waals surface area (Å²) in [6.45, 7) is 4.03. The predicted octanol–water partition coefficient (Wildman–Crippen LogP) is 2.17. The molecule has 1 aromatic carbocycles. The lowest BCUT2D eigenvalue weighted by atomic mass is 10.3. The lowest BCUT2D eigenvalue weighted by Gasteiger charge is -2.07. The van der Waals surface area contributed by atoms with Crippen molar-refractivity contribution in [2.75, 3.05) is 12.3 Å². The third-order valence-electron chi connectivity index (χ3n) is 2.03. The summed E-state index contributed by atoms with van der Waals surface area (Å²) < 4.78 is 26.2. The number of nitrogens with two attached hydrogens (primary N) is 1. The normalized spacial score (nSPS) is 11.2. The highest BCUT2D eigenvalue weighted by atomic mass is 35.5. The molecular weight excluding hydrogens is 260 g/mol. The van der Waals surface area contributed by atoms with E-state index in [4.69, 9.17) is 17.3 Å². The van der Waals surface area contributed by atoms with E-state index in [1.165, 1.54) is 18.2 Å². The van der Waals surface area contributed by atoms with Crippen LogP contribution in [0.3, 0.4) is 0 Å². The maximum absolute atomic E-state index is 11.9. The van der Waals surface area contributed by atoms with Gasteiger partial charge >= 0.3 is 0 Å². The van der Waals surface area contributed by atoms with Crippen molar-refractivity contribution < 1.29 is 8.42 Å². The Morgan fingerprint density at radius 1 is 1.47 bits per heavy atom. The number of nitrogen functional groups attached to an aromatic ring is 1. The van der Waals surface area contributed by atoms with E-state index >= 15 is 0 Å². The van der Waals surface area contributed by atoms with Crippen LogP contribution in [-0.2, 0) is 10.0 Å². The number of anilines is 1. The quantitative estimate of drug-likeness (QED) is 0.653. The maximum atomic E-state index is 11.9. The Labute approximate surface area is 107 Å². The van der Waals surface area contributed by atoms with Crippen molar-refractivity contribution in [2.45, 2.75) is 18.7 Å². The first-order valence-electron chi connectivity index (χ1n) is 5.01. The number of halogens is 1. The number of allylic oxidation sites excluding steroid dienone is 1. The van der Waals surface area contributed by atoms with E-state index in [0.29, 0.717) is 5.69 Å². The number of nitrogens with one attached hydrogen (secondary N) is 1. The van der Waals surface area contributed by atoms with E-state index in [-0.39, 0.29) is 16.5 Å². The maximum Gasteiger partial charge on any atom is 0.242 e. The summed E-state index contributed by atoms with van der Waals surface area (Å²) >= 11 is 5.84. The van der Waals surface area contributed by atoms with Crippen LogP contribution in [0.5, 0.6) is 0 Å². The van der Waals surface area contributed by atoms with E-state index < -0.39 is 10.0 Å². The smallest absolute Gasteiger partial charge is 0.242 e. The van der Waals surface area contributed by atoms with Crippen LogP contribution in [0.4, 0.5) is 5.69 Å². The molecule has 1 rings (SSSR count). The fraction of sp³-hybridized carbons (Fsp3) is 0.273. The molecule has 0 spiro atoms. The molecular formula is C11H15ClN2O2S. The van der Waals surface area contributed by atoms with Gasteiger partial charge in [0.2, 0.25) is 10.0 Å². The van der Waals surface area contributed by atoms with Gasteiger partial charge in [-0.25, -0.2) is 13.1 Å². The SMILES string of the molecule is CC(C)=CCNS(=O)(=O)c1ccc(N)cc1Cl. The number of hydrogen-bond donors (Lipinski definition) is 2. The summed E-state index contributed by atoms with van der Waals surface area (Å²) in [5.74, 6) is 0. The van der Waals surface area contributed by atoms with Gasteiger partial charge in [-0.1, -0.05) is 23.3 Å². The van der Waals surface area contributed by atoms with Crippen molar-refractivity contribution in [3.63, 3.8) is 0 Å². The summed E-state index contributed by atoms with van der Waals surface area (Å²) in [6.07, 6.45) is 1.78. The lowest BCUT2D eigenvalue weighted by Crippen LogP contribution is -2.24. The highest BCUT2D eigenvalue weighted by molar-refractivity contribution is 7.89. The monoisotopic (exact) mass is 274 g/mol. The zero-order valence-electron chi connectivity index (χ0n) is 9.70. The molecule has 0 bridgehead atoms. The minimum absolute atomic E-state index is 0.0375. The number of rotatable bonds is 4. The molecule has 0 saturated heterocycles. The van der Waals surface area contributed by atoms with E-state index in [1.54, 1.807) is 6.08 Å². The first-order chi connectivity index (χ1) is 7.83. The molecule has 0 aliphatic carbocycles. The first-order valence-corrected chi connectivity index (χ1v) is 6.87. The van der Waals surface area contributed by atoms with Gasteiger partial charge in [0.25, 0.3) is 0 Å². The average Bonchev–Trinajstić information content (AvgIpc) is 2.15. The van der Waals surface area contributed by atoms with E-state index in [1.807, 2.05) is 13.8 Å². The Balaban J connectivity index is 2.94. The summed E-state index contributed by atoms with van der Waals surface area (Å²) in [4.78, 5) is 0.0375. The molecule has 3 N–H and O–H groups in total. The van der Waals surface area contributed by atoms with Crippen LogP contribution < -0.4 is 10.5 Å². The van der Waals surface area contributed by atoms with Gasteiger partial charge in [-0.05, 0) is 32.0 Å². The Morgan fingerprint density at radius 2 is 2.12 bits per heavy atom.